The molecule has 0 amide bonds. The number of benzene rings is 1. The van der Waals surface area contributed by atoms with Crippen molar-refractivity contribution in [1.29, 1.82) is 0 Å². The van der Waals surface area contributed by atoms with Crippen LogP contribution in [0.1, 0.15) is 12.0 Å². The summed E-state index contributed by atoms with van der Waals surface area (Å²) < 4.78 is 1.01. The third-order valence-corrected chi connectivity index (χ3v) is 2.16. The molecule has 0 aliphatic rings. The van der Waals surface area contributed by atoms with Crippen LogP contribution in [0.15, 0.2) is 46.5 Å². The largest absolute Gasteiger partial charge is 0.411 e. The van der Waals surface area contributed by atoms with Gasteiger partial charge in [-0.2, -0.15) is 0 Å². The van der Waals surface area contributed by atoms with Gasteiger partial charge in [0.2, 0.25) is 0 Å². The fourth-order valence-electron chi connectivity index (χ4n) is 0.995. The van der Waals surface area contributed by atoms with Crippen LogP contribution in [0.5, 0.6) is 0 Å². The van der Waals surface area contributed by atoms with Crippen LogP contribution in [-0.4, -0.2) is 10.9 Å². The minimum absolute atomic E-state index is 0.568. The van der Waals surface area contributed by atoms with Crippen LogP contribution in [-0.2, 0) is 0 Å². The van der Waals surface area contributed by atoms with Crippen LogP contribution in [0.3, 0.4) is 0 Å². The highest BCUT2D eigenvalue weighted by molar-refractivity contribution is 9.10. The first-order valence-electron chi connectivity index (χ1n) is 3.85. The van der Waals surface area contributed by atoms with Crippen molar-refractivity contribution in [3.8, 4) is 0 Å². The van der Waals surface area contributed by atoms with Crippen molar-refractivity contribution in [3.63, 3.8) is 0 Å². The molecule has 68 valence electrons. The Morgan fingerprint density at radius 2 is 2.08 bits per heavy atom. The van der Waals surface area contributed by atoms with Crippen LogP contribution in [0.2, 0.25) is 0 Å². The second kappa shape index (κ2) is 4.82. The fraction of sp³-hybridized carbons (Fsp3) is 0.100. The van der Waals surface area contributed by atoms with E-state index in [-0.39, 0.29) is 0 Å². The molecule has 0 aliphatic carbocycles. The molecular formula is C10H10BrNO. The topological polar surface area (TPSA) is 32.6 Å². The van der Waals surface area contributed by atoms with E-state index in [1.807, 2.05) is 24.3 Å². The van der Waals surface area contributed by atoms with Gasteiger partial charge in [-0.3, -0.25) is 0 Å². The van der Waals surface area contributed by atoms with E-state index in [1.54, 1.807) is 6.08 Å². The molecule has 1 rings (SSSR count). The third-order valence-electron chi connectivity index (χ3n) is 1.64. The Bertz CT molecular complexity index is 316. The van der Waals surface area contributed by atoms with Gasteiger partial charge in [-0.05, 0) is 17.7 Å². The molecule has 0 spiro atoms. The monoisotopic (exact) mass is 239 g/mol. The van der Waals surface area contributed by atoms with Crippen molar-refractivity contribution in [2.75, 3.05) is 0 Å². The summed E-state index contributed by atoms with van der Waals surface area (Å²) >= 11 is 3.33. The normalized spacial score (nSPS) is 11.3. The first-order valence-corrected chi connectivity index (χ1v) is 4.65. The highest BCUT2D eigenvalue weighted by Gasteiger charge is 2.00. The van der Waals surface area contributed by atoms with Crippen molar-refractivity contribution in [1.82, 2.24) is 0 Å². The smallest absolute Gasteiger partial charge is 0.0905 e. The number of hydrogen-bond acceptors (Lipinski definition) is 2. The van der Waals surface area contributed by atoms with Crippen LogP contribution < -0.4 is 0 Å². The summed E-state index contributed by atoms with van der Waals surface area (Å²) in [5, 5.41) is 11.9. The predicted octanol–water partition coefficient (Wildman–Crippen LogP) is 3.20. The zero-order chi connectivity index (χ0) is 9.68. The Balaban J connectivity index is 2.92. The molecule has 0 atom stereocenters. The zero-order valence-corrected chi connectivity index (χ0v) is 8.66. The average Bonchev–Trinajstić information content (AvgIpc) is 2.16. The Hall–Kier alpha value is -1.09. The predicted molar refractivity (Wildman–Crippen MR) is 57.3 cm³/mol. The number of nitrogens with zero attached hydrogens (tertiary/aromatic N) is 1. The van der Waals surface area contributed by atoms with Gasteiger partial charge in [0.05, 0.1) is 5.71 Å². The van der Waals surface area contributed by atoms with Crippen molar-refractivity contribution >= 4 is 21.6 Å². The molecule has 1 aromatic carbocycles. The lowest BCUT2D eigenvalue weighted by molar-refractivity contribution is 0.318. The van der Waals surface area contributed by atoms with Gasteiger partial charge in [0, 0.05) is 10.9 Å². The van der Waals surface area contributed by atoms with E-state index < -0.39 is 0 Å². The Morgan fingerprint density at radius 3 is 2.54 bits per heavy atom. The maximum Gasteiger partial charge on any atom is 0.0905 e. The summed E-state index contributed by atoms with van der Waals surface area (Å²) in [6.07, 6.45) is 2.27. The third kappa shape index (κ3) is 2.70. The van der Waals surface area contributed by atoms with Crippen LogP contribution in [0.25, 0.3) is 0 Å². The first kappa shape index (κ1) is 9.99. The van der Waals surface area contributed by atoms with Crippen molar-refractivity contribution < 1.29 is 5.21 Å². The molecule has 0 fully saturated rings. The van der Waals surface area contributed by atoms with Gasteiger partial charge in [-0.25, -0.2) is 0 Å². The molecule has 0 aliphatic heterocycles. The molecule has 0 radical (unpaired) electrons. The summed E-state index contributed by atoms with van der Waals surface area (Å²) in [6.45, 7) is 3.59. The zero-order valence-electron chi connectivity index (χ0n) is 7.07. The van der Waals surface area contributed by atoms with Crippen molar-refractivity contribution in [3.05, 3.63) is 47.0 Å². The number of rotatable bonds is 3. The van der Waals surface area contributed by atoms with Gasteiger partial charge in [-0.1, -0.05) is 39.3 Å². The van der Waals surface area contributed by atoms with E-state index in [0.717, 1.165) is 10.0 Å². The maximum absolute atomic E-state index is 8.71. The Labute approximate surface area is 85.7 Å². The number of halogens is 1. The molecule has 0 bridgehead atoms. The van der Waals surface area contributed by atoms with Crippen LogP contribution in [0, 0.1) is 0 Å². The summed E-state index contributed by atoms with van der Waals surface area (Å²) in [6, 6.07) is 7.60. The highest BCUT2D eigenvalue weighted by atomic mass is 79.9. The molecule has 0 saturated heterocycles. The lowest BCUT2D eigenvalue weighted by Crippen LogP contribution is -1.98. The van der Waals surface area contributed by atoms with E-state index in [1.165, 1.54) is 0 Å². The molecule has 2 nitrogen and oxygen atoms in total. The first-order chi connectivity index (χ1) is 6.27. The molecular weight excluding hydrogens is 230 g/mol. The molecule has 1 aromatic rings. The second-order valence-electron chi connectivity index (χ2n) is 2.55. The van der Waals surface area contributed by atoms with Crippen LogP contribution >= 0.6 is 15.9 Å². The van der Waals surface area contributed by atoms with E-state index >= 15 is 0 Å². The molecule has 0 unspecified atom stereocenters. The number of oxime groups is 1. The number of allylic oxidation sites excluding steroid dienone is 1. The molecule has 13 heavy (non-hydrogen) atoms. The van der Waals surface area contributed by atoms with Gasteiger partial charge in [0.15, 0.2) is 0 Å². The summed E-state index contributed by atoms with van der Waals surface area (Å²) in [4.78, 5) is 0. The van der Waals surface area contributed by atoms with Gasteiger partial charge in [0.25, 0.3) is 0 Å². The minimum atomic E-state index is 0.568. The molecule has 3 heteroatoms. The molecule has 0 saturated carbocycles. The summed E-state index contributed by atoms with van der Waals surface area (Å²) in [7, 11) is 0. The van der Waals surface area contributed by atoms with Gasteiger partial charge >= 0.3 is 0 Å². The van der Waals surface area contributed by atoms with E-state index in [0.29, 0.717) is 12.1 Å². The summed E-state index contributed by atoms with van der Waals surface area (Å²) in [5.41, 5.74) is 1.54. The summed E-state index contributed by atoms with van der Waals surface area (Å²) in [5.74, 6) is 0. The molecule has 1 N–H and O–H groups in total. The lowest BCUT2D eigenvalue weighted by atomic mass is 10.1. The standard InChI is InChI=1S/C10H10BrNO/c1-2-3-10(12-13)8-4-6-9(11)7-5-8/h2,4-7,13H,1,3H2/b12-10+. The van der Waals surface area contributed by atoms with Gasteiger partial charge < -0.3 is 5.21 Å². The number of hydrogen-bond donors (Lipinski definition) is 1. The van der Waals surface area contributed by atoms with Gasteiger partial charge in [0.1, 0.15) is 0 Å². The average molecular weight is 240 g/mol. The SMILES string of the molecule is C=CC/C(=N\O)c1ccc(Br)cc1. The Kier molecular flexibility index (Phi) is 3.71. The molecule has 0 aromatic heterocycles. The second-order valence-corrected chi connectivity index (χ2v) is 3.46. The van der Waals surface area contributed by atoms with E-state index in [2.05, 4.69) is 27.7 Å². The Morgan fingerprint density at radius 1 is 1.46 bits per heavy atom. The van der Waals surface area contributed by atoms with Crippen molar-refractivity contribution in [2.45, 2.75) is 6.42 Å². The minimum Gasteiger partial charge on any atom is -0.411 e. The molecule has 0 heterocycles. The quantitative estimate of drug-likeness (QED) is 0.374. The fourth-order valence-corrected chi connectivity index (χ4v) is 1.26. The van der Waals surface area contributed by atoms with Gasteiger partial charge in [-0.15, -0.1) is 6.58 Å². The van der Waals surface area contributed by atoms with Crippen LogP contribution in [0.4, 0.5) is 0 Å². The lowest BCUT2D eigenvalue weighted by Gasteiger charge is -2.00. The maximum atomic E-state index is 8.71. The van der Waals surface area contributed by atoms with E-state index in [4.69, 9.17) is 5.21 Å². The highest BCUT2D eigenvalue weighted by Crippen LogP contribution is 2.12. The van der Waals surface area contributed by atoms with E-state index in [9.17, 15) is 0 Å². The van der Waals surface area contributed by atoms with Crippen molar-refractivity contribution in [2.24, 2.45) is 5.16 Å².